The highest BCUT2D eigenvalue weighted by Crippen LogP contribution is 2.14. The minimum Gasteiger partial charge on any atom is -0.481 e. The zero-order valence-electron chi connectivity index (χ0n) is 10.8. The molecule has 0 spiro atoms. The largest absolute Gasteiger partial charge is 0.481 e. The van der Waals surface area contributed by atoms with Crippen molar-refractivity contribution in [2.75, 3.05) is 6.54 Å². The third kappa shape index (κ3) is 4.53. The highest BCUT2D eigenvalue weighted by Gasteiger charge is 2.16. The van der Waals surface area contributed by atoms with Crippen LogP contribution in [0, 0.1) is 17.6 Å². The van der Waals surface area contributed by atoms with Gasteiger partial charge in [-0.3, -0.25) is 4.79 Å². The van der Waals surface area contributed by atoms with Crippen molar-refractivity contribution >= 4 is 16.0 Å². The highest BCUT2D eigenvalue weighted by molar-refractivity contribution is 7.89. The Morgan fingerprint density at radius 1 is 1.35 bits per heavy atom. The summed E-state index contributed by atoms with van der Waals surface area (Å²) in [4.78, 5) is 10.2. The number of carboxylic acids is 1. The van der Waals surface area contributed by atoms with E-state index in [-0.39, 0.29) is 11.4 Å². The molecular formula is C12H15F2NO4S. The normalized spacial score (nSPS) is 13.2. The van der Waals surface area contributed by atoms with Gasteiger partial charge in [0.1, 0.15) is 0 Å². The fourth-order valence-electron chi connectivity index (χ4n) is 1.47. The van der Waals surface area contributed by atoms with Crippen molar-refractivity contribution in [3.63, 3.8) is 0 Å². The van der Waals surface area contributed by atoms with Gasteiger partial charge in [-0.15, -0.1) is 0 Å². The maximum atomic E-state index is 13.0. The molecule has 0 radical (unpaired) electrons. The summed E-state index contributed by atoms with van der Waals surface area (Å²) < 4.78 is 51.4. The Morgan fingerprint density at radius 3 is 2.55 bits per heavy atom. The highest BCUT2D eigenvalue weighted by atomic mass is 32.2. The average Bonchev–Trinajstić information content (AvgIpc) is 2.37. The van der Waals surface area contributed by atoms with Crippen LogP contribution in [0.2, 0.25) is 0 Å². The van der Waals surface area contributed by atoms with Crippen LogP contribution >= 0.6 is 0 Å². The summed E-state index contributed by atoms with van der Waals surface area (Å²) in [6, 6.07) is 2.29. The number of hydrogen-bond acceptors (Lipinski definition) is 3. The lowest BCUT2D eigenvalue weighted by Crippen LogP contribution is -2.25. The molecule has 8 heteroatoms. The topological polar surface area (TPSA) is 83.5 Å². The number of halogens is 2. The van der Waals surface area contributed by atoms with Crippen molar-refractivity contribution in [2.24, 2.45) is 5.92 Å². The molecule has 0 fully saturated rings. The van der Waals surface area contributed by atoms with Gasteiger partial charge >= 0.3 is 5.97 Å². The van der Waals surface area contributed by atoms with E-state index in [0.29, 0.717) is 18.9 Å². The number of hydrogen-bond donors (Lipinski definition) is 2. The molecule has 0 saturated heterocycles. The van der Waals surface area contributed by atoms with E-state index in [1.54, 1.807) is 0 Å². The fourth-order valence-corrected chi connectivity index (χ4v) is 2.55. The lowest BCUT2D eigenvalue weighted by Gasteiger charge is -2.08. The summed E-state index contributed by atoms with van der Waals surface area (Å²) in [7, 11) is -3.92. The van der Waals surface area contributed by atoms with Crippen LogP contribution in [0.1, 0.15) is 19.8 Å². The standard InChI is InChI=1S/C12H15F2NO4S/c1-8(12(16)17)3-2-6-15-20(18,19)9-4-5-10(13)11(14)7-9/h4-5,7-8,15H,2-3,6H2,1H3,(H,16,17). The Hall–Kier alpha value is -1.54. The molecule has 20 heavy (non-hydrogen) atoms. The Bertz CT molecular complexity index is 589. The van der Waals surface area contributed by atoms with E-state index in [9.17, 15) is 22.0 Å². The molecular weight excluding hydrogens is 292 g/mol. The number of sulfonamides is 1. The van der Waals surface area contributed by atoms with Crippen LogP contribution in [0.5, 0.6) is 0 Å². The summed E-state index contributed by atoms with van der Waals surface area (Å²) >= 11 is 0. The lowest BCUT2D eigenvalue weighted by molar-refractivity contribution is -0.141. The number of carbonyl (C=O) groups is 1. The third-order valence-electron chi connectivity index (χ3n) is 2.73. The van der Waals surface area contributed by atoms with Crippen molar-refractivity contribution in [3.8, 4) is 0 Å². The second-order valence-corrected chi connectivity index (χ2v) is 6.12. The fraction of sp³-hybridized carbons (Fsp3) is 0.417. The van der Waals surface area contributed by atoms with Gasteiger partial charge in [0, 0.05) is 6.54 Å². The van der Waals surface area contributed by atoms with Crippen molar-refractivity contribution in [1.82, 2.24) is 4.72 Å². The predicted molar refractivity (Wildman–Crippen MR) is 67.6 cm³/mol. The molecule has 0 saturated carbocycles. The first-order valence-electron chi connectivity index (χ1n) is 5.91. The van der Waals surface area contributed by atoms with Crippen LogP contribution in [-0.4, -0.2) is 26.0 Å². The lowest BCUT2D eigenvalue weighted by atomic mass is 10.1. The molecule has 0 heterocycles. The maximum absolute atomic E-state index is 13.0. The number of nitrogens with one attached hydrogen (secondary N) is 1. The first kappa shape index (κ1) is 16.5. The average molecular weight is 307 g/mol. The molecule has 1 rings (SSSR count). The van der Waals surface area contributed by atoms with E-state index in [1.165, 1.54) is 6.92 Å². The molecule has 0 aliphatic heterocycles. The Morgan fingerprint density at radius 2 is 2.00 bits per heavy atom. The number of benzene rings is 1. The number of aliphatic carboxylic acids is 1. The summed E-state index contributed by atoms with van der Waals surface area (Å²) in [5.74, 6) is -3.89. The second kappa shape index (κ2) is 6.76. The van der Waals surface area contributed by atoms with Gasteiger partial charge in [-0.05, 0) is 31.0 Å². The van der Waals surface area contributed by atoms with Crippen LogP contribution in [0.25, 0.3) is 0 Å². The Labute approximate surface area is 115 Å². The molecule has 0 bridgehead atoms. The molecule has 0 aliphatic carbocycles. The summed E-state index contributed by atoms with van der Waals surface area (Å²) in [5, 5.41) is 8.66. The Kier molecular flexibility index (Phi) is 5.58. The first-order chi connectivity index (χ1) is 9.24. The number of carboxylic acid groups (broad SMARTS) is 1. The quantitative estimate of drug-likeness (QED) is 0.752. The van der Waals surface area contributed by atoms with Crippen LogP contribution in [-0.2, 0) is 14.8 Å². The van der Waals surface area contributed by atoms with E-state index < -0.39 is 33.5 Å². The molecule has 0 aromatic heterocycles. The molecule has 1 atom stereocenters. The number of rotatable bonds is 7. The molecule has 0 aliphatic rings. The van der Waals surface area contributed by atoms with Crippen molar-refractivity contribution in [3.05, 3.63) is 29.8 Å². The van der Waals surface area contributed by atoms with E-state index in [4.69, 9.17) is 5.11 Å². The van der Waals surface area contributed by atoms with Crippen molar-refractivity contribution in [1.29, 1.82) is 0 Å². The third-order valence-corrected chi connectivity index (χ3v) is 4.19. The van der Waals surface area contributed by atoms with E-state index in [0.717, 1.165) is 12.1 Å². The van der Waals surface area contributed by atoms with Crippen LogP contribution in [0.3, 0.4) is 0 Å². The molecule has 5 nitrogen and oxygen atoms in total. The van der Waals surface area contributed by atoms with Crippen molar-refractivity contribution < 1.29 is 27.1 Å². The molecule has 2 N–H and O–H groups in total. The van der Waals surface area contributed by atoms with Gasteiger partial charge in [0.15, 0.2) is 11.6 Å². The Balaban J connectivity index is 2.58. The van der Waals surface area contributed by atoms with E-state index >= 15 is 0 Å². The van der Waals surface area contributed by atoms with Gasteiger partial charge in [0.25, 0.3) is 0 Å². The summed E-state index contributed by atoms with van der Waals surface area (Å²) in [5.41, 5.74) is 0. The SMILES string of the molecule is CC(CCCNS(=O)(=O)c1ccc(F)c(F)c1)C(=O)O. The molecule has 0 amide bonds. The van der Waals surface area contributed by atoms with Crippen LogP contribution in [0.15, 0.2) is 23.1 Å². The van der Waals surface area contributed by atoms with Gasteiger partial charge in [-0.1, -0.05) is 6.92 Å². The summed E-state index contributed by atoms with van der Waals surface area (Å²) in [6.07, 6.45) is 0.645. The van der Waals surface area contributed by atoms with Crippen LogP contribution < -0.4 is 4.72 Å². The molecule has 1 aromatic rings. The minimum absolute atomic E-state index is 0.0267. The van der Waals surface area contributed by atoms with E-state index in [1.807, 2.05) is 0 Å². The van der Waals surface area contributed by atoms with Crippen molar-refractivity contribution in [2.45, 2.75) is 24.7 Å². The van der Waals surface area contributed by atoms with E-state index in [2.05, 4.69) is 4.72 Å². The molecule has 1 unspecified atom stereocenters. The summed E-state index contributed by atoms with van der Waals surface area (Å²) in [6.45, 7) is 1.55. The molecule has 112 valence electrons. The van der Waals surface area contributed by atoms with Gasteiger partial charge in [-0.2, -0.15) is 0 Å². The van der Waals surface area contributed by atoms with Gasteiger partial charge in [-0.25, -0.2) is 21.9 Å². The maximum Gasteiger partial charge on any atom is 0.306 e. The predicted octanol–water partition coefficient (Wildman–Crippen LogP) is 1.74. The zero-order chi connectivity index (χ0) is 15.3. The monoisotopic (exact) mass is 307 g/mol. The zero-order valence-corrected chi connectivity index (χ0v) is 11.6. The second-order valence-electron chi connectivity index (χ2n) is 4.36. The van der Waals surface area contributed by atoms with Gasteiger partial charge in [0.2, 0.25) is 10.0 Å². The van der Waals surface area contributed by atoms with Gasteiger partial charge < -0.3 is 5.11 Å². The van der Waals surface area contributed by atoms with Gasteiger partial charge in [0.05, 0.1) is 10.8 Å². The minimum atomic E-state index is -3.92. The first-order valence-corrected chi connectivity index (χ1v) is 7.40. The smallest absolute Gasteiger partial charge is 0.306 e. The van der Waals surface area contributed by atoms with Crippen LogP contribution in [0.4, 0.5) is 8.78 Å². The molecule has 1 aromatic carbocycles.